The van der Waals surface area contributed by atoms with Crippen molar-refractivity contribution >= 4 is 5.91 Å². The molecule has 1 amide bonds. The van der Waals surface area contributed by atoms with Gasteiger partial charge in [0.1, 0.15) is 5.69 Å². The fraction of sp³-hybridized carbons (Fsp3) is 0.143. The first kappa shape index (κ1) is 18.3. The molecule has 0 bridgehead atoms. The Morgan fingerprint density at radius 2 is 1.59 bits per heavy atom. The first-order valence-electron chi connectivity index (χ1n) is 8.28. The van der Waals surface area contributed by atoms with E-state index in [9.17, 15) is 13.6 Å². The van der Waals surface area contributed by atoms with Gasteiger partial charge in [-0.05, 0) is 11.1 Å². The minimum atomic E-state index is -2.83. The fourth-order valence-electron chi connectivity index (χ4n) is 2.72. The molecule has 136 valence electrons. The molecule has 0 saturated heterocycles. The Bertz CT molecular complexity index is 933. The number of aryl methyl sites for hydroxylation is 1. The zero-order chi connectivity index (χ0) is 19.2. The molecule has 1 heterocycles. The second-order valence-corrected chi connectivity index (χ2v) is 5.88. The smallest absolute Gasteiger partial charge is 0.281 e. The average Bonchev–Trinajstić information content (AvgIpc) is 3.09. The zero-order valence-electron chi connectivity index (χ0n) is 14.6. The summed E-state index contributed by atoms with van der Waals surface area (Å²) in [6.07, 6.45) is -1.58. The summed E-state index contributed by atoms with van der Waals surface area (Å²) in [5, 5.41) is 6.02. The van der Waals surface area contributed by atoms with Gasteiger partial charge in [0, 0.05) is 19.3 Å². The first-order valence-corrected chi connectivity index (χ1v) is 8.28. The molecule has 1 N–H and O–H groups in total. The maximum absolute atomic E-state index is 13.0. The number of carbonyl (C=O) groups is 1. The van der Waals surface area contributed by atoms with Gasteiger partial charge < -0.3 is 0 Å². The molecule has 3 aromatic rings. The summed E-state index contributed by atoms with van der Waals surface area (Å²) >= 11 is 0. The minimum absolute atomic E-state index is 0.183. The molecule has 0 fully saturated rings. The van der Waals surface area contributed by atoms with E-state index in [1.807, 2.05) is 60.7 Å². The van der Waals surface area contributed by atoms with Crippen molar-refractivity contribution in [2.24, 2.45) is 7.05 Å². The van der Waals surface area contributed by atoms with E-state index in [-0.39, 0.29) is 11.5 Å². The molecule has 0 spiro atoms. The Morgan fingerprint density at radius 3 is 2.11 bits per heavy atom. The van der Waals surface area contributed by atoms with Crippen molar-refractivity contribution in [3.05, 3.63) is 89.2 Å². The Kier molecular flexibility index (Phi) is 5.62. The van der Waals surface area contributed by atoms with Gasteiger partial charge in [-0.25, -0.2) is 8.78 Å². The number of carbonyl (C=O) groups excluding carboxylic acids is 1. The molecule has 4 nitrogen and oxygen atoms in total. The summed E-state index contributed by atoms with van der Waals surface area (Å²) in [5.74, 6) is 2.06. The third-order valence-corrected chi connectivity index (χ3v) is 3.97. The lowest BCUT2D eigenvalue weighted by Crippen LogP contribution is -2.19. The molecule has 0 atom stereocenters. The Hall–Kier alpha value is -3.46. The molecule has 2 aromatic carbocycles. The highest BCUT2D eigenvalue weighted by atomic mass is 19.3. The summed E-state index contributed by atoms with van der Waals surface area (Å²) in [7, 11) is 1.48. The number of hydrogen-bond acceptors (Lipinski definition) is 2. The third kappa shape index (κ3) is 4.39. The summed E-state index contributed by atoms with van der Waals surface area (Å²) in [4.78, 5) is 12.2. The van der Waals surface area contributed by atoms with Gasteiger partial charge in [-0.15, -0.1) is 0 Å². The third-order valence-electron chi connectivity index (χ3n) is 3.97. The van der Waals surface area contributed by atoms with Crippen LogP contribution in [-0.4, -0.2) is 15.7 Å². The van der Waals surface area contributed by atoms with Gasteiger partial charge in [-0.3, -0.25) is 14.8 Å². The molecule has 0 radical (unpaired) electrons. The molecule has 0 aliphatic rings. The molecule has 0 unspecified atom stereocenters. The summed E-state index contributed by atoms with van der Waals surface area (Å²) in [6, 6.07) is 21.9. The van der Waals surface area contributed by atoms with Crippen LogP contribution in [0.3, 0.4) is 0 Å². The number of aromatic nitrogens is 2. The van der Waals surface area contributed by atoms with Crippen LogP contribution in [0.2, 0.25) is 0 Å². The number of nitrogens with one attached hydrogen (secondary N) is 1. The molecule has 27 heavy (non-hydrogen) atoms. The van der Waals surface area contributed by atoms with E-state index in [2.05, 4.69) is 22.4 Å². The van der Waals surface area contributed by atoms with E-state index >= 15 is 0 Å². The molecular weight excluding hydrogens is 348 g/mol. The van der Waals surface area contributed by atoms with E-state index in [4.69, 9.17) is 0 Å². The lowest BCUT2D eigenvalue weighted by molar-refractivity contribution is 0.0958. The van der Waals surface area contributed by atoms with Crippen LogP contribution in [0.1, 0.15) is 39.5 Å². The van der Waals surface area contributed by atoms with Crippen LogP contribution in [0, 0.1) is 12.0 Å². The van der Waals surface area contributed by atoms with Gasteiger partial charge in [0.25, 0.3) is 12.3 Å². The number of amides is 1. The van der Waals surface area contributed by atoms with Crippen molar-refractivity contribution in [2.75, 3.05) is 0 Å². The highest BCUT2D eigenvalue weighted by Crippen LogP contribution is 2.23. The van der Waals surface area contributed by atoms with E-state index in [1.54, 1.807) is 0 Å². The van der Waals surface area contributed by atoms with Crippen molar-refractivity contribution in [1.82, 2.24) is 15.1 Å². The van der Waals surface area contributed by atoms with E-state index < -0.39 is 18.0 Å². The van der Waals surface area contributed by atoms with Crippen LogP contribution < -0.4 is 5.32 Å². The van der Waals surface area contributed by atoms with Crippen LogP contribution in [0.5, 0.6) is 0 Å². The van der Waals surface area contributed by atoms with E-state index in [0.29, 0.717) is 0 Å². The number of alkyl halides is 2. The van der Waals surface area contributed by atoms with Crippen LogP contribution in [0.25, 0.3) is 0 Å². The number of halogens is 2. The molecule has 0 saturated carbocycles. The van der Waals surface area contributed by atoms with Gasteiger partial charge in [0.2, 0.25) is 0 Å². The van der Waals surface area contributed by atoms with Crippen LogP contribution >= 0.6 is 0 Å². The minimum Gasteiger partial charge on any atom is -0.281 e. The molecule has 0 aliphatic carbocycles. The highest BCUT2D eigenvalue weighted by Gasteiger charge is 2.22. The van der Waals surface area contributed by atoms with Crippen LogP contribution in [0.4, 0.5) is 8.78 Å². The molecular formula is C21H17F2N3O. The maximum Gasteiger partial charge on any atom is 0.282 e. The number of nitrogens with zero attached hydrogens (tertiary/aromatic N) is 2. The fourth-order valence-corrected chi connectivity index (χ4v) is 2.72. The van der Waals surface area contributed by atoms with E-state index in [1.165, 1.54) is 17.9 Å². The molecule has 1 aromatic heterocycles. The number of benzene rings is 2. The normalized spacial score (nSPS) is 10.6. The Labute approximate surface area is 155 Å². The average molecular weight is 365 g/mol. The summed E-state index contributed by atoms with van der Waals surface area (Å²) in [5.41, 5.74) is 1.21. The van der Waals surface area contributed by atoms with Gasteiger partial charge in [0.05, 0.1) is 11.5 Å². The van der Waals surface area contributed by atoms with Gasteiger partial charge in [-0.2, -0.15) is 5.10 Å². The van der Waals surface area contributed by atoms with Gasteiger partial charge in [-0.1, -0.05) is 66.6 Å². The maximum atomic E-state index is 13.0. The predicted octanol–water partition coefficient (Wildman–Crippen LogP) is 3.88. The molecule has 6 heteroatoms. The quantitative estimate of drug-likeness (QED) is 0.563. The topological polar surface area (TPSA) is 46.9 Å². The van der Waals surface area contributed by atoms with Crippen LogP contribution in [-0.2, 0) is 7.05 Å². The number of hydrogen-bond donors (Lipinski definition) is 1. The lowest BCUT2D eigenvalue weighted by Gasteiger charge is -2.11. The largest absolute Gasteiger partial charge is 0.282 e. The second-order valence-electron chi connectivity index (χ2n) is 5.88. The molecule has 0 aliphatic heterocycles. The van der Waals surface area contributed by atoms with Crippen molar-refractivity contribution in [3.8, 4) is 12.0 Å². The zero-order valence-corrected chi connectivity index (χ0v) is 14.6. The van der Waals surface area contributed by atoms with Crippen molar-refractivity contribution in [2.45, 2.75) is 12.3 Å². The van der Waals surface area contributed by atoms with Crippen molar-refractivity contribution in [3.63, 3.8) is 0 Å². The lowest BCUT2D eigenvalue weighted by atomic mass is 9.92. The van der Waals surface area contributed by atoms with Crippen LogP contribution in [0.15, 0.2) is 66.9 Å². The number of rotatable bonds is 4. The highest BCUT2D eigenvalue weighted by molar-refractivity contribution is 5.96. The monoisotopic (exact) mass is 365 g/mol. The molecule has 3 rings (SSSR count). The standard InChI is InChI=1S/C21H17F2N3O/c1-26-14-18(19(25-26)20(22)23)21(27)24-13-12-17(15-8-4-2-5-9-15)16-10-6-3-7-11-16/h2-11,14,17,20H,1H3,(H,24,27). The predicted molar refractivity (Wildman–Crippen MR) is 98.1 cm³/mol. The summed E-state index contributed by atoms with van der Waals surface area (Å²) in [6.45, 7) is 0. The summed E-state index contributed by atoms with van der Waals surface area (Å²) < 4.78 is 27.2. The van der Waals surface area contributed by atoms with Gasteiger partial charge >= 0.3 is 0 Å². The van der Waals surface area contributed by atoms with E-state index in [0.717, 1.165) is 11.1 Å². The second kappa shape index (κ2) is 8.28. The van der Waals surface area contributed by atoms with Crippen molar-refractivity contribution < 1.29 is 13.6 Å². The SMILES string of the molecule is Cn1cc(C(=O)NC#CC(c2ccccc2)c2ccccc2)c(C(F)F)n1. The first-order chi connectivity index (χ1) is 13.1. The Balaban J connectivity index is 1.84. The Morgan fingerprint density at radius 1 is 1.04 bits per heavy atom. The van der Waals surface area contributed by atoms with Crippen molar-refractivity contribution in [1.29, 1.82) is 0 Å². The van der Waals surface area contributed by atoms with Gasteiger partial charge in [0.15, 0.2) is 0 Å².